The SMILES string of the molecule is C#CC(CCCNC(C)=O)NC(C)=O. The Morgan fingerprint density at radius 3 is 2.43 bits per heavy atom. The number of carbonyl (C=O) groups is 2. The molecule has 0 aliphatic carbocycles. The van der Waals surface area contributed by atoms with Gasteiger partial charge in [0.05, 0.1) is 6.04 Å². The van der Waals surface area contributed by atoms with Crippen LogP contribution >= 0.6 is 0 Å². The van der Waals surface area contributed by atoms with E-state index in [0.29, 0.717) is 13.0 Å². The summed E-state index contributed by atoms with van der Waals surface area (Å²) in [6.07, 6.45) is 6.65. The van der Waals surface area contributed by atoms with E-state index in [9.17, 15) is 9.59 Å². The minimum Gasteiger partial charge on any atom is -0.356 e. The Bertz CT molecular complexity index is 243. The van der Waals surface area contributed by atoms with Crippen molar-refractivity contribution in [1.82, 2.24) is 10.6 Å². The van der Waals surface area contributed by atoms with Crippen molar-refractivity contribution in [2.24, 2.45) is 0 Å². The summed E-state index contributed by atoms with van der Waals surface area (Å²) in [6, 6.07) is -0.235. The van der Waals surface area contributed by atoms with Crippen LogP contribution in [0.3, 0.4) is 0 Å². The predicted molar refractivity (Wildman–Crippen MR) is 54.4 cm³/mol. The van der Waals surface area contributed by atoms with Crippen LogP contribution in [-0.4, -0.2) is 24.4 Å². The number of rotatable bonds is 5. The predicted octanol–water partition coefficient (Wildman–Crippen LogP) is 0.0406. The quantitative estimate of drug-likeness (QED) is 0.482. The molecule has 0 saturated carbocycles. The average molecular weight is 196 g/mol. The molecule has 1 unspecified atom stereocenters. The Morgan fingerprint density at radius 2 is 2.00 bits per heavy atom. The first-order chi connectivity index (χ1) is 6.56. The summed E-state index contributed by atoms with van der Waals surface area (Å²) in [5, 5.41) is 5.29. The first kappa shape index (κ1) is 12.5. The van der Waals surface area contributed by atoms with Crippen LogP contribution in [0.2, 0.25) is 0 Å². The van der Waals surface area contributed by atoms with Crippen molar-refractivity contribution in [2.75, 3.05) is 6.54 Å². The van der Waals surface area contributed by atoms with Gasteiger partial charge < -0.3 is 10.6 Å². The molecule has 78 valence electrons. The molecule has 0 aromatic rings. The zero-order valence-corrected chi connectivity index (χ0v) is 8.59. The van der Waals surface area contributed by atoms with E-state index in [1.165, 1.54) is 13.8 Å². The fourth-order valence-corrected chi connectivity index (χ4v) is 1.01. The van der Waals surface area contributed by atoms with E-state index < -0.39 is 0 Å². The number of terminal acetylenes is 1. The largest absolute Gasteiger partial charge is 0.356 e. The monoisotopic (exact) mass is 196 g/mol. The third-order valence-corrected chi connectivity index (χ3v) is 1.62. The second-order valence-electron chi connectivity index (χ2n) is 3.04. The summed E-state index contributed by atoms with van der Waals surface area (Å²) in [4.78, 5) is 21.2. The highest BCUT2D eigenvalue weighted by atomic mass is 16.2. The van der Waals surface area contributed by atoms with Crippen LogP contribution in [0.1, 0.15) is 26.7 Å². The van der Waals surface area contributed by atoms with Gasteiger partial charge in [-0.1, -0.05) is 5.92 Å². The molecular formula is C10H16N2O2. The molecular weight excluding hydrogens is 180 g/mol. The van der Waals surface area contributed by atoms with E-state index >= 15 is 0 Å². The number of carbonyl (C=O) groups excluding carboxylic acids is 2. The molecule has 0 bridgehead atoms. The van der Waals surface area contributed by atoms with Gasteiger partial charge in [-0.25, -0.2) is 0 Å². The lowest BCUT2D eigenvalue weighted by Crippen LogP contribution is -2.32. The average Bonchev–Trinajstić information content (AvgIpc) is 2.09. The van der Waals surface area contributed by atoms with Crippen LogP contribution in [0.5, 0.6) is 0 Å². The maximum atomic E-state index is 10.7. The summed E-state index contributed by atoms with van der Waals surface area (Å²) in [6.45, 7) is 3.48. The Balaban J connectivity index is 3.59. The molecule has 0 aliphatic rings. The van der Waals surface area contributed by atoms with Gasteiger partial charge in [0, 0.05) is 20.4 Å². The second kappa shape index (κ2) is 6.96. The molecule has 2 amide bonds. The van der Waals surface area contributed by atoms with Crippen LogP contribution in [0.25, 0.3) is 0 Å². The van der Waals surface area contributed by atoms with Gasteiger partial charge in [0.1, 0.15) is 0 Å². The highest BCUT2D eigenvalue weighted by Crippen LogP contribution is 1.94. The van der Waals surface area contributed by atoms with Crippen molar-refractivity contribution < 1.29 is 9.59 Å². The topological polar surface area (TPSA) is 58.2 Å². The molecule has 0 fully saturated rings. The highest BCUT2D eigenvalue weighted by Gasteiger charge is 2.05. The number of hydrogen-bond acceptors (Lipinski definition) is 2. The van der Waals surface area contributed by atoms with Crippen LogP contribution < -0.4 is 10.6 Å². The van der Waals surface area contributed by atoms with E-state index in [-0.39, 0.29) is 17.9 Å². The summed E-state index contributed by atoms with van der Waals surface area (Å²) in [5.74, 6) is 2.29. The summed E-state index contributed by atoms with van der Waals surface area (Å²) < 4.78 is 0. The van der Waals surface area contributed by atoms with Crippen molar-refractivity contribution in [2.45, 2.75) is 32.7 Å². The van der Waals surface area contributed by atoms with Crippen LogP contribution in [0, 0.1) is 12.3 Å². The summed E-state index contributed by atoms with van der Waals surface area (Å²) in [7, 11) is 0. The standard InChI is InChI=1S/C10H16N2O2/c1-4-10(12-9(3)14)6-5-7-11-8(2)13/h1,10H,5-7H2,2-3H3,(H,11,13)(H,12,14). The molecule has 0 saturated heterocycles. The first-order valence-electron chi connectivity index (χ1n) is 4.54. The highest BCUT2D eigenvalue weighted by molar-refractivity contribution is 5.73. The minimum absolute atomic E-state index is 0.0539. The van der Waals surface area contributed by atoms with Gasteiger partial charge in [0.25, 0.3) is 0 Å². The van der Waals surface area contributed by atoms with E-state index in [0.717, 1.165) is 6.42 Å². The Morgan fingerprint density at radius 1 is 1.36 bits per heavy atom. The molecule has 0 spiro atoms. The Kier molecular flexibility index (Phi) is 6.21. The molecule has 2 N–H and O–H groups in total. The lowest BCUT2D eigenvalue weighted by molar-refractivity contribution is -0.120. The fourth-order valence-electron chi connectivity index (χ4n) is 1.01. The minimum atomic E-state index is -0.235. The second-order valence-corrected chi connectivity index (χ2v) is 3.04. The summed E-state index contributed by atoms with van der Waals surface area (Å²) in [5.41, 5.74) is 0. The molecule has 0 aromatic heterocycles. The van der Waals surface area contributed by atoms with Gasteiger partial charge in [-0.05, 0) is 12.8 Å². The van der Waals surface area contributed by atoms with Crippen molar-refractivity contribution in [3.8, 4) is 12.3 Å². The third kappa shape index (κ3) is 7.17. The van der Waals surface area contributed by atoms with Crippen molar-refractivity contribution in [3.63, 3.8) is 0 Å². The van der Waals surface area contributed by atoms with Crippen molar-refractivity contribution in [1.29, 1.82) is 0 Å². The van der Waals surface area contributed by atoms with Gasteiger partial charge >= 0.3 is 0 Å². The normalized spacial score (nSPS) is 11.2. The van der Waals surface area contributed by atoms with E-state index in [1.54, 1.807) is 0 Å². The van der Waals surface area contributed by atoms with Gasteiger partial charge in [-0.2, -0.15) is 0 Å². The molecule has 0 radical (unpaired) electrons. The van der Waals surface area contributed by atoms with Gasteiger partial charge in [0.15, 0.2) is 0 Å². The molecule has 0 aliphatic heterocycles. The maximum absolute atomic E-state index is 10.7. The van der Waals surface area contributed by atoms with Gasteiger partial charge in [-0.15, -0.1) is 6.42 Å². The maximum Gasteiger partial charge on any atom is 0.217 e. The van der Waals surface area contributed by atoms with E-state index in [2.05, 4.69) is 16.6 Å². The lowest BCUT2D eigenvalue weighted by Gasteiger charge is -2.11. The van der Waals surface area contributed by atoms with Crippen LogP contribution in [0.4, 0.5) is 0 Å². The lowest BCUT2D eigenvalue weighted by atomic mass is 10.1. The van der Waals surface area contributed by atoms with Crippen molar-refractivity contribution >= 4 is 11.8 Å². The Labute approximate surface area is 84.4 Å². The van der Waals surface area contributed by atoms with E-state index in [1.807, 2.05) is 0 Å². The van der Waals surface area contributed by atoms with Crippen LogP contribution in [-0.2, 0) is 9.59 Å². The van der Waals surface area contributed by atoms with Crippen LogP contribution in [0.15, 0.2) is 0 Å². The zero-order valence-electron chi connectivity index (χ0n) is 8.59. The summed E-state index contributed by atoms with van der Waals surface area (Å²) >= 11 is 0. The van der Waals surface area contributed by atoms with Crippen molar-refractivity contribution in [3.05, 3.63) is 0 Å². The molecule has 4 heteroatoms. The molecule has 14 heavy (non-hydrogen) atoms. The molecule has 0 heterocycles. The first-order valence-corrected chi connectivity index (χ1v) is 4.54. The molecule has 1 atom stereocenters. The zero-order chi connectivity index (χ0) is 11.0. The number of hydrogen-bond donors (Lipinski definition) is 2. The molecule has 0 aromatic carbocycles. The molecule has 0 rings (SSSR count). The fraction of sp³-hybridized carbons (Fsp3) is 0.600. The van der Waals surface area contributed by atoms with E-state index in [4.69, 9.17) is 6.42 Å². The van der Waals surface area contributed by atoms with Gasteiger partial charge in [0.2, 0.25) is 11.8 Å². The smallest absolute Gasteiger partial charge is 0.217 e. The third-order valence-electron chi connectivity index (χ3n) is 1.62. The Hall–Kier alpha value is -1.50. The molecule has 4 nitrogen and oxygen atoms in total. The number of nitrogens with one attached hydrogen (secondary N) is 2. The van der Waals surface area contributed by atoms with Gasteiger partial charge in [-0.3, -0.25) is 9.59 Å². The number of amides is 2.